The maximum atomic E-state index is 11.9. The number of hydrogen-bond donors (Lipinski definition) is 3. The molecule has 1 aromatic rings. The second-order valence-corrected chi connectivity index (χ2v) is 7.35. The second kappa shape index (κ2) is 7.71. The lowest BCUT2D eigenvalue weighted by Gasteiger charge is -2.23. The standard InChI is InChI=1S/C15H23N3O3S/c1-16-22(20,21)14-7-4-12(5-8-14)6-9-15(19)18-13-3-2-10-17-11-13/h4-5,7-8,13,16-17H,2-3,6,9-11H2,1H3,(H,18,19). The van der Waals surface area contributed by atoms with Crippen LogP contribution in [0.25, 0.3) is 0 Å². The molecule has 0 radical (unpaired) electrons. The molecule has 0 bridgehead atoms. The van der Waals surface area contributed by atoms with Crippen LogP contribution in [0, 0.1) is 0 Å². The Balaban J connectivity index is 1.82. The first-order chi connectivity index (χ1) is 10.5. The van der Waals surface area contributed by atoms with E-state index < -0.39 is 10.0 Å². The first kappa shape index (κ1) is 16.9. The van der Waals surface area contributed by atoms with Gasteiger partial charge in [-0.15, -0.1) is 0 Å². The molecular weight excluding hydrogens is 302 g/mol. The van der Waals surface area contributed by atoms with Gasteiger partial charge in [0.1, 0.15) is 0 Å². The summed E-state index contributed by atoms with van der Waals surface area (Å²) in [7, 11) is -2.02. The number of benzene rings is 1. The largest absolute Gasteiger partial charge is 0.352 e. The Morgan fingerprint density at radius 1 is 1.32 bits per heavy atom. The van der Waals surface area contributed by atoms with Gasteiger partial charge >= 0.3 is 0 Å². The van der Waals surface area contributed by atoms with E-state index in [1.54, 1.807) is 24.3 Å². The molecule has 1 aliphatic rings. The Morgan fingerprint density at radius 3 is 2.64 bits per heavy atom. The molecule has 0 aromatic heterocycles. The molecule has 1 amide bonds. The molecule has 1 aliphatic heterocycles. The first-order valence-corrected chi connectivity index (χ1v) is 9.02. The fourth-order valence-corrected chi connectivity index (χ4v) is 3.22. The highest BCUT2D eigenvalue weighted by molar-refractivity contribution is 7.89. The lowest BCUT2D eigenvalue weighted by Crippen LogP contribution is -2.45. The summed E-state index contributed by atoms with van der Waals surface area (Å²) in [6.45, 7) is 1.86. The van der Waals surface area contributed by atoms with Gasteiger partial charge in [0, 0.05) is 19.0 Å². The minimum Gasteiger partial charge on any atom is -0.352 e. The average molecular weight is 325 g/mol. The van der Waals surface area contributed by atoms with Gasteiger partial charge in [-0.1, -0.05) is 12.1 Å². The lowest BCUT2D eigenvalue weighted by molar-refractivity contribution is -0.121. The van der Waals surface area contributed by atoms with Crippen LogP contribution in [0.5, 0.6) is 0 Å². The molecule has 1 unspecified atom stereocenters. The van der Waals surface area contributed by atoms with Crippen molar-refractivity contribution in [3.8, 4) is 0 Å². The molecule has 1 atom stereocenters. The number of carbonyl (C=O) groups is 1. The second-order valence-electron chi connectivity index (χ2n) is 5.46. The topological polar surface area (TPSA) is 87.3 Å². The Hall–Kier alpha value is -1.44. The van der Waals surface area contributed by atoms with Crippen LogP contribution < -0.4 is 15.4 Å². The van der Waals surface area contributed by atoms with Gasteiger partial charge in [0.15, 0.2) is 0 Å². The Labute approximate surface area is 131 Å². The smallest absolute Gasteiger partial charge is 0.240 e. The maximum absolute atomic E-state index is 11.9. The molecule has 1 heterocycles. The number of carbonyl (C=O) groups excluding carboxylic acids is 1. The van der Waals surface area contributed by atoms with Gasteiger partial charge in [-0.2, -0.15) is 0 Å². The van der Waals surface area contributed by atoms with Crippen molar-refractivity contribution in [2.45, 2.75) is 36.6 Å². The van der Waals surface area contributed by atoms with Crippen molar-refractivity contribution in [2.75, 3.05) is 20.1 Å². The van der Waals surface area contributed by atoms with Crippen LogP contribution in [-0.2, 0) is 21.2 Å². The van der Waals surface area contributed by atoms with E-state index in [1.807, 2.05) is 0 Å². The van der Waals surface area contributed by atoms with E-state index in [9.17, 15) is 13.2 Å². The third-order valence-electron chi connectivity index (χ3n) is 3.81. The zero-order valence-electron chi connectivity index (χ0n) is 12.8. The minimum absolute atomic E-state index is 0.0422. The maximum Gasteiger partial charge on any atom is 0.240 e. The number of nitrogens with one attached hydrogen (secondary N) is 3. The predicted molar refractivity (Wildman–Crippen MR) is 85.0 cm³/mol. The van der Waals surface area contributed by atoms with Crippen LogP contribution in [0.4, 0.5) is 0 Å². The van der Waals surface area contributed by atoms with Gasteiger partial charge in [-0.25, -0.2) is 13.1 Å². The number of amides is 1. The zero-order valence-corrected chi connectivity index (χ0v) is 13.6. The summed E-state index contributed by atoms with van der Waals surface area (Å²) in [4.78, 5) is 12.1. The summed E-state index contributed by atoms with van der Waals surface area (Å²) in [5.74, 6) is 0.0422. The van der Waals surface area contributed by atoms with Crippen LogP contribution in [-0.4, -0.2) is 40.5 Å². The molecule has 3 N–H and O–H groups in total. The molecule has 7 heteroatoms. The van der Waals surface area contributed by atoms with Gasteiger partial charge in [-0.3, -0.25) is 4.79 Å². The van der Waals surface area contributed by atoms with Gasteiger partial charge in [0.05, 0.1) is 4.90 Å². The monoisotopic (exact) mass is 325 g/mol. The number of piperidine rings is 1. The fourth-order valence-electron chi connectivity index (χ4n) is 2.49. The number of sulfonamides is 1. The lowest BCUT2D eigenvalue weighted by atomic mass is 10.1. The average Bonchev–Trinajstić information content (AvgIpc) is 2.54. The summed E-state index contributed by atoms with van der Waals surface area (Å²) in [5.41, 5.74) is 0.951. The van der Waals surface area contributed by atoms with Crippen LogP contribution in [0.2, 0.25) is 0 Å². The van der Waals surface area contributed by atoms with Crippen molar-refractivity contribution in [1.82, 2.24) is 15.4 Å². The summed E-state index contributed by atoms with van der Waals surface area (Å²) >= 11 is 0. The van der Waals surface area contributed by atoms with Crippen molar-refractivity contribution < 1.29 is 13.2 Å². The highest BCUT2D eigenvalue weighted by Crippen LogP contribution is 2.11. The third kappa shape index (κ3) is 4.79. The zero-order chi connectivity index (χ0) is 16.0. The summed E-state index contributed by atoms with van der Waals surface area (Å²) in [6, 6.07) is 6.84. The molecule has 0 saturated carbocycles. The van der Waals surface area contributed by atoms with E-state index in [4.69, 9.17) is 0 Å². The minimum atomic E-state index is -3.40. The number of hydrogen-bond acceptors (Lipinski definition) is 4. The van der Waals surface area contributed by atoms with Gasteiger partial charge in [0.2, 0.25) is 15.9 Å². The summed E-state index contributed by atoms with van der Waals surface area (Å²) < 4.78 is 25.5. The normalized spacial score (nSPS) is 18.9. The Bertz CT molecular complexity index is 593. The Kier molecular flexibility index (Phi) is 5.93. The van der Waals surface area contributed by atoms with E-state index in [1.165, 1.54) is 7.05 Å². The van der Waals surface area contributed by atoms with Gasteiger partial charge in [0.25, 0.3) is 0 Å². The summed E-state index contributed by atoms with van der Waals surface area (Å²) in [6.07, 6.45) is 3.13. The fraction of sp³-hybridized carbons (Fsp3) is 0.533. The van der Waals surface area contributed by atoms with E-state index in [0.29, 0.717) is 12.8 Å². The van der Waals surface area contributed by atoms with Crippen LogP contribution in [0.3, 0.4) is 0 Å². The molecule has 0 aliphatic carbocycles. The molecule has 1 saturated heterocycles. The van der Waals surface area contributed by atoms with Crippen LogP contribution >= 0.6 is 0 Å². The van der Waals surface area contributed by atoms with Gasteiger partial charge < -0.3 is 10.6 Å². The molecule has 1 aromatic carbocycles. The molecule has 122 valence electrons. The highest BCUT2D eigenvalue weighted by Gasteiger charge is 2.15. The third-order valence-corrected chi connectivity index (χ3v) is 5.24. The van der Waals surface area contributed by atoms with Crippen LogP contribution in [0.1, 0.15) is 24.8 Å². The van der Waals surface area contributed by atoms with Crippen molar-refractivity contribution in [3.05, 3.63) is 29.8 Å². The van der Waals surface area contributed by atoms with Crippen molar-refractivity contribution in [1.29, 1.82) is 0 Å². The molecule has 0 spiro atoms. The predicted octanol–water partition coefficient (Wildman–Crippen LogP) is 0.396. The van der Waals surface area contributed by atoms with Crippen molar-refractivity contribution in [2.24, 2.45) is 0 Å². The van der Waals surface area contributed by atoms with E-state index in [2.05, 4.69) is 15.4 Å². The van der Waals surface area contributed by atoms with Crippen molar-refractivity contribution in [3.63, 3.8) is 0 Å². The van der Waals surface area contributed by atoms with Gasteiger partial charge in [-0.05, 0) is 50.6 Å². The van der Waals surface area contributed by atoms with E-state index in [-0.39, 0.29) is 16.8 Å². The molecule has 6 nitrogen and oxygen atoms in total. The van der Waals surface area contributed by atoms with E-state index in [0.717, 1.165) is 31.5 Å². The quantitative estimate of drug-likeness (QED) is 0.706. The molecule has 2 rings (SSSR count). The SMILES string of the molecule is CNS(=O)(=O)c1ccc(CCC(=O)NC2CCCNC2)cc1. The number of aryl methyl sites for hydroxylation is 1. The van der Waals surface area contributed by atoms with Crippen LogP contribution in [0.15, 0.2) is 29.2 Å². The Morgan fingerprint density at radius 2 is 2.05 bits per heavy atom. The molecular formula is C15H23N3O3S. The molecule has 1 fully saturated rings. The van der Waals surface area contributed by atoms with Crippen molar-refractivity contribution >= 4 is 15.9 Å². The van der Waals surface area contributed by atoms with E-state index >= 15 is 0 Å². The highest BCUT2D eigenvalue weighted by atomic mass is 32.2. The first-order valence-electron chi connectivity index (χ1n) is 7.54. The number of rotatable bonds is 6. The summed E-state index contributed by atoms with van der Waals surface area (Å²) in [5, 5.41) is 6.29. The molecule has 22 heavy (non-hydrogen) atoms.